The van der Waals surface area contributed by atoms with Gasteiger partial charge in [-0.25, -0.2) is 0 Å². The summed E-state index contributed by atoms with van der Waals surface area (Å²) in [5.74, 6) is -0.0552. The van der Waals surface area contributed by atoms with Crippen molar-refractivity contribution in [2.45, 2.75) is 46.5 Å². The quantitative estimate of drug-likeness (QED) is 0.135. The zero-order chi connectivity index (χ0) is 34.3. The predicted molar refractivity (Wildman–Crippen MR) is 163 cm³/mol. The van der Waals surface area contributed by atoms with Crippen LogP contribution in [0, 0.1) is 5.41 Å². The van der Waals surface area contributed by atoms with Gasteiger partial charge in [-0.15, -0.1) is 0 Å². The molecule has 1 aromatic carbocycles. The Bertz CT molecular complexity index is 902. The summed E-state index contributed by atoms with van der Waals surface area (Å²) in [5, 5.41) is 8.58. The molecular formula is C32H58O10. The molecule has 0 spiro atoms. The highest BCUT2D eigenvalue weighted by molar-refractivity contribution is 5.31. The Balaban J connectivity index is 2.00. The Morgan fingerprint density at radius 2 is 0.810 bits per heavy atom. The molecule has 0 radical (unpaired) electrons. The molecule has 0 aliphatic carbocycles. The van der Waals surface area contributed by atoms with E-state index in [1.807, 2.05) is 13.8 Å². The summed E-state index contributed by atoms with van der Waals surface area (Å²) in [6.07, 6.45) is 0.714. The number of rotatable bonds is 29. The summed E-state index contributed by atoms with van der Waals surface area (Å²) in [6.45, 7) is 17.2. The first-order valence-corrected chi connectivity index (χ1v) is 14.9. The van der Waals surface area contributed by atoms with Crippen LogP contribution in [0.2, 0.25) is 0 Å². The van der Waals surface area contributed by atoms with Gasteiger partial charge in [-0.05, 0) is 34.9 Å². The Morgan fingerprint density at radius 1 is 0.500 bits per heavy atom. The lowest BCUT2D eigenvalue weighted by atomic mass is 9.72. The molecule has 246 valence electrons. The minimum atomic E-state index is -0.527. The van der Waals surface area contributed by atoms with Gasteiger partial charge in [0.25, 0.3) is 0 Å². The van der Waals surface area contributed by atoms with E-state index in [0.717, 1.165) is 0 Å². The normalized spacial score (nSPS) is 13.6. The molecule has 0 amide bonds. The van der Waals surface area contributed by atoms with Gasteiger partial charge in [0.15, 0.2) is 0 Å². The van der Waals surface area contributed by atoms with Crippen molar-refractivity contribution in [2.24, 2.45) is 5.41 Å². The molecule has 0 bridgehead atoms. The summed E-state index contributed by atoms with van der Waals surface area (Å²) in [4.78, 5) is 0. The molecule has 0 aliphatic rings. The smallest absolute Gasteiger partial charge is 0.119 e. The molecule has 0 heterocycles. The Morgan fingerprint density at radius 3 is 1.12 bits per heavy atom. The molecule has 1 rings (SSSR count). The minimum absolute atomic E-state index is 0.0149. The van der Waals surface area contributed by atoms with Crippen LogP contribution < -0.4 is 4.74 Å². The standard InChI is InChI=1S/C32H58O10/c1-31(2,3)28-32(4,5)29-6-8-30(9-7-29)42-27-26-41-25-24-40-23-22-39-21-20-38-19-18-37-17-16-36-15-14-35-13-12-34-11-10-33/h6-9,33H,10-28H2,1-5H3/i6D,7D,8D,9D. The number of aliphatic hydroxyl groups excluding tert-OH is 1. The lowest BCUT2D eigenvalue weighted by Gasteiger charge is -2.33. The van der Waals surface area contributed by atoms with Crippen molar-refractivity contribution in [2.75, 3.05) is 119 Å². The lowest BCUT2D eigenvalue weighted by Crippen LogP contribution is -2.24. The largest absolute Gasteiger partial charge is 0.491 e. The van der Waals surface area contributed by atoms with Crippen molar-refractivity contribution < 1.29 is 53.2 Å². The topological polar surface area (TPSA) is 103 Å². The number of hydrogen-bond donors (Lipinski definition) is 1. The van der Waals surface area contributed by atoms with Crippen LogP contribution in [0.25, 0.3) is 0 Å². The molecule has 0 fully saturated rings. The van der Waals surface area contributed by atoms with E-state index in [0.29, 0.717) is 111 Å². The number of hydrogen-bond acceptors (Lipinski definition) is 10. The molecule has 0 saturated carbocycles. The first-order chi connectivity index (χ1) is 21.9. The van der Waals surface area contributed by atoms with Crippen LogP contribution in [-0.4, -0.2) is 124 Å². The Kier molecular flexibility index (Phi) is 19.1. The second-order valence-corrected chi connectivity index (χ2v) is 11.3. The van der Waals surface area contributed by atoms with Gasteiger partial charge in [0, 0.05) is 0 Å². The third-order valence-electron chi connectivity index (χ3n) is 5.56. The fourth-order valence-electron chi connectivity index (χ4n) is 4.03. The zero-order valence-electron chi connectivity index (χ0n) is 30.6. The highest BCUT2D eigenvalue weighted by atomic mass is 16.6. The van der Waals surface area contributed by atoms with Crippen molar-refractivity contribution in [3.8, 4) is 5.75 Å². The SMILES string of the molecule is [2H]c1c([2H])c(C(C)(C)CC(C)(C)C)c([2H])c([2H])c1OCCOCCOCCOCCOCCOCCOCCOCCOCCO. The Hall–Kier alpha value is -1.34. The minimum Gasteiger partial charge on any atom is -0.491 e. The highest BCUT2D eigenvalue weighted by Crippen LogP contribution is 2.36. The van der Waals surface area contributed by atoms with Crippen LogP contribution in [-0.2, 0) is 43.3 Å². The van der Waals surface area contributed by atoms with E-state index in [2.05, 4.69) is 20.8 Å². The molecule has 0 saturated heterocycles. The summed E-state index contributed by atoms with van der Waals surface area (Å²) >= 11 is 0. The van der Waals surface area contributed by atoms with E-state index >= 15 is 0 Å². The number of benzene rings is 1. The van der Waals surface area contributed by atoms with Crippen LogP contribution in [0.15, 0.2) is 24.2 Å². The van der Waals surface area contributed by atoms with E-state index < -0.39 is 5.41 Å². The third-order valence-corrected chi connectivity index (χ3v) is 5.56. The van der Waals surface area contributed by atoms with Crippen LogP contribution in [0.3, 0.4) is 0 Å². The van der Waals surface area contributed by atoms with Crippen LogP contribution in [0.1, 0.15) is 52.1 Å². The van der Waals surface area contributed by atoms with Gasteiger partial charge in [-0.2, -0.15) is 0 Å². The summed E-state index contributed by atoms with van der Waals surface area (Å²) < 4.78 is 82.7. The molecule has 10 heteroatoms. The monoisotopic (exact) mass is 606 g/mol. The van der Waals surface area contributed by atoms with E-state index in [-0.39, 0.29) is 55.2 Å². The average Bonchev–Trinajstić information content (AvgIpc) is 2.98. The van der Waals surface area contributed by atoms with Gasteiger partial charge in [-0.1, -0.05) is 46.7 Å². The van der Waals surface area contributed by atoms with E-state index in [9.17, 15) is 0 Å². The first kappa shape index (κ1) is 32.1. The number of ether oxygens (including phenoxy) is 9. The van der Waals surface area contributed by atoms with Gasteiger partial charge in [0.1, 0.15) is 12.4 Å². The maximum atomic E-state index is 8.58. The molecule has 42 heavy (non-hydrogen) atoms. The second-order valence-electron chi connectivity index (χ2n) is 11.3. The van der Waals surface area contributed by atoms with Crippen LogP contribution in [0.4, 0.5) is 0 Å². The van der Waals surface area contributed by atoms with Crippen molar-refractivity contribution in [3.63, 3.8) is 0 Å². The van der Waals surface area contributed by atoms with Gasteiger partial charge >= 0.3 is 0 Å². The van der Waals surface area contributed by atoms with Crippen LogP contribution in [0.5, 0.6) is 5.75 Å². The van der Waals surface area contributed by atoms with Crippen molar-refractivity contribution in [1.29, 1.82) is 0 Å². The third kappa shape index (κ3) is 23.2. The lowest BCUT2D eigenvalue weighted by molar-refractivity contribution is -0.0242. The molecule has 0 aromatic heterocycles. The van der Waals surface area contributed by atoms with Crippen molar-refractivity contribution in [3.05, 3.63) is 29.7 Å². The van der Waals surface area contributed by atoms with Gasteiger partial charge < -0.3 is 47.7 Å². The fraction of sp³-hybridized carbons (Fsp3) is 0.812. The maximum absolute atomic E-state index is 8.58. The Labute approximate surface area is 259 Å². The molecule has 0 atom stereocenters. The van der Waals surface area contributed by atoms with Gasteiger partial charge in [0.2, 0.25) is 0 Å². The molecular weight excluding hydrogens is 544 g/mol. The predicted octanol–water partition coefficient (Wildman–Crippen LogP) is 3.90. The molecule has 0 aliphatic heterocycles. The van der Waals surface area contributed by atoms with Gasteiger partial charge in [0.05, 0.1) is 118 Å². The van der Waals surface area contributed by atoms with Crippen molar-refractivity contribution in [1.82, 2.24) is 0 Å². The molecule has 1 aromatic rings. The zero-order valence-corrected chi connectivity index (χ0v) is 26.6. The summed E-state index contributed by atoms with van der Waals surface area (Å²) in [7, 11) is 0. The average molecular weight is 607 g/mol. The second kappa shape index (κ2) is 25.0. The molecule has 0 unspecified atom stereocenters. The van der Waals surface area contributed by atoms with Crippen LogP contribution >= 0.6 is 0 Å². The van der Waals surface area contributed by atoms with E-state index in [1.165, 1.54) is 0 Å². The summed E-state index contributed by atoms with van der Waals surface area (Å²) in [5.41, 5.74) is -0.146. The highest BCUT2D eigenvalue weighted by Gasteiger charge is 2.27. The van der Waals surface area contributed by atoms with E-state index in [1.54, 1.807) is 0 Å². The molecule has 1 N–H and O–H groups in total. The maximum Gasteiger partial charge on any atom is 0.119 e. The number of aliphatic hydroxyl groups is 1. The van der Waals surface area contributed by atoms with E-state index in [4.69, 9.17) is 53.2 Å². The first-order valence-electron chi connectivity index (χ1n) is 16.9. The van der Waals surface area contributed by atoms with Crippen molar-refractivity contribution >= 4 is 0 Å². The molecule has 10 nitrogen and oxygen atoms in total. The summed E-state index contributed by atoms with van der Waals surface area (Å²) in [6, 6.07) is -0.453. The fourth-order valence-corrected chi connectivity index (χ4v) is 4.03. The van der Waals surface area contributed by atoms with Gasteiger partial charge in [-0.3, -0.25) is 0 Å².